The van der Waals surface area contributed by atoms with Crippen molar-refractivity contribution in [3.8, 4) is 11.8 Å². The highest BCUT2D eigenvalue weighted by molar-refractivity contribution is 5.94. The van der Waals surface area contributed by atoms with E-state index in [2.05, 4.69) is 5.32 Å². The van der Waals surface area contributed by atoms with Crippen LogP contribution in [0.15, 0.2) is 18.2 Å². The number of aliphatic hydroxyl groups is 2. The smallest absolute Gasteiger partial charge is 0.251 e. The van der Waals surface area contributed by atoms with Gasteiger partial charge >= 0.3 is 0 Å². The summed E-state index contributed by atoms with van der Waals surface area (Å²) in [6.45, 7) is 3.21. The highest BCUT2D eigenvalue weighted by atomic mass is 16.5. The number of rotatable bonds is 6. The van der Waals surface area contributed by atoms with Crippen LogP contribution in [-0.4, -0.2) is 41.5 Å². The Balaban J connectivity index is 2.82. The molecule has 0 spiro atoms. The van der Waals surface area contributed by atoms with E-state index in [0.717, 1.165) is 0 Å². The molecule has 3 N–H and O–H groups in total. The predicted octanol–water partition coefficient (Wildman–Crippen LogP) is 0.428. The number of amides is 1. The van der Waals surface area contributed by atoms with Gasteiger partial charge in [0.2, 0.25) is 0 Å². The van der Waals surface area contributed by atoms with Crippen LogP contribution in [0.4, 0.5) is 0 Å². The van der Waals surface area contributed by atoms with Gasteiger partial charge in [0.25, 0.3) is 5.91 Å². The second-order valence-electron chi connectivity index (χ2n) is 4.54. The van der Waals surface area contributed by atoms with E-state index in [1.807, 2.05) is 19.9 Å². The van der Waals surface area contributed by atoms with Gasteiger partial charge in [-0.15, -0.1) is 0 Å². The number of nitriles is 1. The molecular weight excluding hydrogens is 260 g/mol. The van der Waals surface area contributed by atoms with Crippen LogP contribution < -0.4 is 10.1 Å². The minimum absolute atomic E-state index is 0.0541. The Labute approximate surface area is 117 Å². The molecule has 0 aliphatic heterocycles. The second-order valence-corrected chi connectivity index (χ2v) is 4.54. The molecule has 0 saturated heterocycles. The van der Waals surface area contributed by atoms with Gasteiger partial charge in [0, 0.05) is 12.1 Å². The molecule has 0 aliphatic carbocycles. The van der Waals surface area contributed by atoms with Crippen molar-refractivity contribution in [1.82, 2.24) is 5.32 Å². The first-order valence-corrected chi connectivity index (χ1v) is 6.25. The lowest BCUT2D eigenvalue weighted by Gasteiger charge is -2.13. The quantitative estimate of drug-likeness (QED) is 0.700. The molecule has 1 unspecified atom stereocenters. The first kappa shape index (κ1) is 16.0. The van der Waals surface area contributed by atoms with Crippen molar-refractivity contribution in [3.63, 3.8) is 0 Å². The number of nitrogens with zero attached hydrogens (tertiary/aromatic N) is 1. The SMILES string of the molecule is CC(C)Oc1ccc(C(=O)NCC(O)CO)cc1C#N. The Bertz CT molecular complexity index is 508. The largest absolute Gasteiger partial charge is 0.490 e. The lowest BCUT2D eigenvalue weighted by molar-refractivity contribution is 0.0802. The first-order chi connectivity index (χ1) is 9.47. The van der Waals surface area contributed by atoms with Crippen molar-refractivity contribution in [2.24, 2.45) is 0 Å². The van der Waals surface area contributed by atoms with Crippen molar-refractivity contribution in [3.05, 3.63) is 29.3 Å². The third-order valence-corrected chi connectivity index (χ3v) is 2.43. The fourth-order valence-electron chi connectivity index (χ4n) is 1.49. The Morgan fingerprint density at radius 1 is 1.50 bits per heavy atom. The third-order valence-electron chi connectivity index (χ3n) is 2.43. The Hall–Kier alpha value is -2.10. The van der Waals surface area contributed by atoms with E-state index in [9.17, 15) is 4.79 Å². The minimum atomic E-state index is -1.00. The van der Waals surface area contributed by atoms with Gasteiger partial charge in [-0.2, -0.15) is 5.26 Å². The number of hydrogen-bond acceptors (Lipinski definition) is 5. The van der Waals surface area contributed by atoms with Gasteiger partial charge in [0.05, 0.1) is 24.4 Å². The van der Waals surface area contributed by atoms with Crippen LogP contribution in [0.5, 0.6) is 5.75 Å². The number of carbonyl (C=O) groups excluding carboxylic acids is 1. The third kappa shape index (κ3) is 4.53. The summed E-state index contributed by atoms with van der Waals surface area (Å²) >= 11 is 0. The lowest BCUT2D eigenvalue weighted by Crippen LogP contribution is -2.33. The van der Waals surface area contributed by atoms with Crippen LogP contribution in [0.3, 0.4) is 0 Å². The van der Waals surface area contributed by atoms with Gasteiger partial charge in [0.15, 0.2) is 0 Å². The summed E-state index contributed by atoms with van der Waals surface area (Å²) in [7, 11) is 0. The summed E-state index contributed by atoms with van der Waals surface area (Å²) in [6.07, 6.45) is -1.07. The topological polar surface area (TPSA) is 103 Å². The van der Waals surface area contributed by atoms with Gasteiger partial charge in [-0.1, -0.05) is 0 Å². The highest BCUT2D eigenvalue weighted by Gasteiger charge is 2.12. The van der Waals surface area contributed by atoms with Crippen molar-refractivity contribution in [2.45, 2.75) is 26.1 Å². The number of nitrogens with one attached hydrogen (secondary N) is 1. The normalized spacial score (nSPS) is 11.8. The molecule has 20 heavy (non-hydrogen) atoms. The van der Waals surface area contributed by atoms with Crippen LogP contribution in [0.25, 0.3) is 0 Å². The van der Waals surface area contributed by atoms with Crippen molar-refractivity contribution in [1.29, 1.82) is 5.26 Å². The Morgan fingerprint density at radius 2 is 2.20 bits per heavy atom. The molecule has 108 valence electrons. The molecule has 0 aliphatic rings. The fraction of sp³-hybridized carbons (Fsp3) is 0.429. The van der Waals surface area contributed by atoms with Gasteiger partial charge in [-0.3, -0.25) is 4.79 Å². The van der Waals surface area contributed by atoms with Gasteiger partial charge < -0.3 is 20.3 Å². The maximum Gasteiger partial charge on any atom is 0.251 e. The maximum absolute atomic E-state index is 11.8. The molecule has 0 aromatic heterocycles. The molecule has 1 amide bonds. The van der Waals surface area contributed by atoms with E-state index in [1.165, 1.54) is 6.07 Å². The van der Waals surface area contributed by atoms with Crippen LogP contribution in [-0.2, 0) is 0 Å². The molecule has 1 rings (SSSR count). The van der Waals surface area contributed by atoms with Gasteiger partial charge in [-0.05, 0) is 32.0 Å². The number of aliphatic hydroxyl groups excluding tert-OH is 2. The van der Waals surface area contributed by atoms with Crippen molar-refractivity contribution >= 4 is 5.91 Å². The molecule has 1 aromatic carbocycles. The lowest BCUT2D eigenvalue weighted by atomic mass is 10.1. The molecule has 1 aromatic rings. The molecule has 1 atom stereocenters. The van der Waals surface area contributed by atoms with E-state index in [0.29, 0.717) is 11.3 Å². The molecule has 0 saturated carbocycles. The molecule has 0 bridgehead atoms. The molecule has 0 heterocycles. The zero-order chi connectivity index (χ0) is 15.1. The summed E-state index contributed by atoms with van der Waals surface area (Å²) in [5, 5.41) is 29.3. The number of benzene rings is 1. The van der Waals surface area contributed by atoms with Crippen molar-refractivity contribution < 1.29 is 19.7 Å². The van der Waals surface area contributed by atoms with E-state index in [1.54, 1.807) is 12.1 Å². The van der Waals surface area contributed by atoms with Crippen LogP contribution in [0.1, 0.15) is 29.8 Å². The van der Waals surface area contributed by atoms with E-state index in [-0.39, 0.29) is 18.2 Å². The second kappa shape index (κ2) is 7.48. The highest BCUT2D eigenvalue weighted by Crippen LogP contribution is 2.20. The Morgan fingerprint density at radius 3 is 2.75 bits per heavy atom. The Kier molecular flexibility index (Phi) is 5.97. The first-order valence-electron chi connectivity index (χ1n) is 6.25. The van der Waals surface area contributed by atoms with Crippen molar-refractivity contribution in [2.75, 3.05) is 13.2 Å². The standard InChI is InChI=1S/C14H18N2O4/c1-9(2)20-13-4-3-10(5-11(13)6-15)14(19)16-7-12(18)8-17/h3-5,9,12,17-18H,7-8H2,1-2H3,(H,16,19). The monoisotopic (exact) mass is 278 g/mol. The summed E-state index contributed by atoms with van der Waals surface area (Å²) in [5.41, 5.74) is 0.567. The summed E-state index contributed by atoms with van der Waals surface area (Å²) < 4.78 is 5.46. The minimum Gasteiger partial charge on any atom is -0.490 e. The zero-order valence-electron chi connectivity index (χ0n) is 11.5. The average molecular weight is 278 g/mol. The average Bonchev–Trinajstić information content (AvgIpc) is 2.44. The molecule has 0 fully saturated rings. The number of hydrogen-bond donors (Lipinski definition) is 3. The number of ether oxygens (including phenoxy) is 1. The molecular formula is C14H18N2O4. The van der Waals surface area contributed by atoms with Crippen LogP contribution in [0, 0.1) is 11.3 Å². The molecule has 6 heteroatoms. The molecule has 0 radical (unpaired) electrons. The van der Waals surface area contributed by atoms with E-state index in [4.69, 9.17) is 20.2 Å². The predicted molar refractivity (Wildman–Crippen MR) is 72.3 cm³/mol. The van der Waals surface area contributed by atoms with Gasteiger partial charge in [-0.25, -0.2) is 0 Å². The van der Waals surface area contributed by atoms with Crippen LogP contribution >= 0.6 is 0 Å². The fourth-order valence-corrected chi connectivity index (χ4v) is 1.49. The van der Waals surface area contributed by atoms with E-state index >= 15 is 0 Å². The van der Waals surface area contributed by atoms with Crippen LogP contribution in [0.2, 0.25) is 0 Å². The summed E-state index contributed by atoms with van der Waals surface area (Å²) in [4.78, 5) is 11.8. The maximum atomic E-state index is 11.8. The number of carbonyl (C=O) groups is 1. The molecule has 6 nitrogen and oxygen atoms in total. The summed E-state index contributed by atoms with van der Waals surface area (Å²) in [5.74, 6) is -0.000426. The summed E-state index contributed by atoms with van der Waals surface area (Å²) in [6, 6.07) is 6.51. The zero-order valence-corrected chi connectivity index (χ0v) is 11.5. The van der Waals surface area contributed by atoms with E-state index < -0.39 is 18.6 Å². The van der Waals surface area contributed by atoms with Gasteiger partial charge in [0.1, 0.15) is 11.8 Å².